The van der Waals surface area contributed by atoms with Gasteiger partial charge in [-0.2, -0.15) is 0 Å². The monoisotopic (exact) mass is 496 g/mol. The molecule has 1 saturated carbocycles. The van der Waals surface area contributed by atoms with Gasteiger partial charge in [-0.25, -0.2) is 4.79 Å². The van der Waals surface area contributed by atoms with Crippen LogP contribution < -0.4 is 9.80 Å². The molecule has 1 fully saturated rings. The molecular formula is C32H36N2O3. The van der Waals surface area contributed by atoms with Crippen molar-refractivity contribution in [2.24, 2.45) is 5.92 Å². The molecule has 0 spiro atoms. The Balaban J connectivity index is 1.63. The molecule has 5 nitrogen and oxygen atoms in total. The first-order chi connectivity index (χ1) is 17.8. The molecule has 3 aromatic rings. The largest absolute Gasteiger partial charge is 0.478 e. The molecule has 4 rings (SSSR count). The molecule has 3 aromatic carbocycles. The number of carboxylic acid groups (broad SMARTS) is 1. The molecule has 0 aliphatic heterocycles. The smallest absolute Gasteiger partial charge is 0.328 e. The van der Waals surface area contributed by atoms with Crippen LogP contribution in [0.15, 0.2) is 72.8 Å². The van der Waals surface area contributed by atoms with Crippen molar-refractivity contribution in [1.29, 1.82) is 0 Å². The Hall–Kier alpha value is -3.86. The number of anilines is 2. The lowest BCUT2D eigenvalue weighted by molar-refractivity contribution is -0.131. The summed E-state index contributed by atoms with van der Waals surface area (Å²) in [6.07, 6.45) is 7.96. The number of nitrogens with zero attached hydrogens (tertiary/aromatic N) is 2. The first-order valence-corrected chi connectivity index (χ1v) is 13.0. The number of hydrogen-bond donors (Lipinski definition) is 1. The number of aliphatic carboxylic acids is 1. The lowest BCUT2D eigenvalue weighted by Gasteiger charge is -2.31. The van der Waals surface area contributed by atoms with E-state index in [1.807, 2.05) is 44.1 Å². The minimum absolute atomic E-state index is 0.0286. The summed E-state index contributed by atoms with van der Waals surface area (Å²) in [7, 11) is 4.06. The summed E-state index contributed by atoms with van der Waals surface area (Å²) in [5.41, 5.74) is 7.06. The summed E-state index contributed by atoms with van der Waals surface area (Å²) in [5.74, 6) is -0.803. The van der Waals surface area contributed by atoms with E-state index in [-0.39, 0.29) is 11.8 Å². The molecule has 1 amide bonds. The SMILES string of the molecule is Cc1c(C=CC(=O)O)cccc1N(Cc1ccc(-c2ccc(N(C)C)cc2)cc1)C(=O)C1CCCCC1. The van der Waals surface area contributed by atoms with E-state index in [1.54, 1.807) is 6.08 Å². The third kappa shape index (κ3) is 6.48. The van der Waals surface area contributed by atoms with E-state index in [2.05, 4.69) is 53.4 Å². The van der Waals surface area contributed by atoms with Crippen molar-refractivity contribution in [3.63, 3.8) is 0 Å². The Morgan fingerprint density at radius 1 is 0.892 bits per heavy atom. The molecule has 1 N–H and O–H groups in total. The predicted octanol–water partition coefficient (Wildman–Crippen LogP) is 6.94. The second-order valence-corrected chi connectivity index (χ2v) is 10.1. The highest BCUT2D eigenvalue weighted by atomic mass is 16.4. The van der Waals surface area contributed by atoms with Crippen molar-refractivity contribution in [3.05, 3.63) is 89.5 Å². The Morgan fingerprint density at radius 3 is 2.11 bits per heavy atom. The van der Waals surface area contributed by atoms with E-state index in [0.717, 1.165) is 71.0 Å². The summed E-state index contributed by atoms with van der Waals surface area (Å²) >= 11 is 0. The molecule has 0 bridgehead atoms. The van der Waals surface area contributed by atoms with Gasteiger partial charge in [0.15, 0.2) is 0 Å². The van der Waals surface area contributed by atoms with Crippen LogP contribution in [0.25, 0.3) is 17.2 Å². The van der Waals surface area contributed by atoms with E-state index in [4.69, 9.17) is 5.11 Å². The number of carbonyl (C=O) groups is 2. The zero-order valence-electron chi connectivity index (χ0n) is 22.0. The number of carboxylic acids is 1. The topological polar surface area (TPSA) is 60.9 Å². The minimum atomic E-state index is -0.989. The van der Waals surface area contributed by atoms with Gasteiger partial charge >= 0.3 is 5.97 Å². The normalized spacial score (nSPS) is 14.0. The van der Waals surface area contributed by atoms with Crippen LogP contribution in [0.5, 0.6) is 0 Å². The molecule has 0 aromatic heterocycles. The molecule has 0 saturated heterocycles. The first-order valence-electron chi connectivity index (χ1n) is 13.0. The molecule has 0 radical (unpaired) electrons. The summed E-state index contributed by atoms with van der Waals surface area (Å²) in [6.45, 7) is 2.43. The number of hydrogen-bond acceptors (Lipinski definition) is 3. The van der Waals surface area contributed by atoms with Crippen molar-refractivity contribution < 1.29 is 14.7 Å². The third-order valence-electron chi connectivity index (χ3n) is 7.28. The lowest BCUT2D eigenvalue weighted by atomic mass is 9.87. The van der Waals surface area contributed by atoms with Gasteiger partial charge in [0.2, 0.25) is 5.91 Å². The second-order valence-electron chi connectivity index (χ2n) is 10.1. The van der Waals surface area contributed by atoms with E-state index in [9.17, 15) is 9.59 Å². The van der Waals surface area contributed by atoms with Gasteiger partial charge in [0, 0.05) is 37.5 Å². The van der Waals surface area contributed by atoms with E-state index < -0.39 is 5.97 Å². The second kappa shape index (κ2) is 11.9. The highest BCUT2D eigenvalue weighted by molar-refractivity contribution is 5.96. The predicted molar refractivity (Wildman–Crippen MR) is 152 cm³/mol. The van der Waals surface area contributed by atoms with Gasteiger partial charge in [-0.05, 0) is 71.9 Å². The van der Waals surface area contributed by atoms with Crippen LogP contribution in [0.1, 0.15) is 48.8 Å². The van der Waals surface area contributed by atoms with Crippen LogP contribution >= 0.6 is 0 Å². The molecular weight excluding hydrogens is 460 g/mol. The molecule has 1 aliphatic rings. The van der Waals surface area contributed by atoms with Crippen LogP contribution in [-0.4, -0.2) is 31.1 Å². The highest BCUT2D eigenvalue weighted by Gasteiger charge is 2.28. The van der Waals surface area contributed by atoms with Crippen molar-refractivity contribution in [2.45, 2.75) is 45.6 Å². The fourth-order valence-corrected chi connectivity index (χ4v) is 5.06. The van der Waals surface area contributed by atoms with Crippen molar-refractivity contribution in [1.82, 2.24) is 0 Å². The Labute approximate surface area is 220 Å². The maximum absolute atomic E-state index is 13.8. The van der Waals surface area contributed by atoms with Crippen molar-refractivity contribution in [3.8, 4) is 11.1 Å². The summed E-state index contributed by atoms with van der Waals surface area (Å²) in [6, 6.07) is 22.7. The molecule has 0 unspecified atom stereocenters. The van der Waals surface area contributed by atoms with Crippen LogP contribution in [0.3, 0.4) is 0 Å². The summed E-state index contributed by atoms with van der Waals surface area (Å²) in [4.78, 5) is 28.9. The number of benzene rings is 3. The fourth-order valence-electron chi connectivity index (χ4n) is 5.06. The Morgan fingerprint density at radius 2 is 1.51 bits per heavy atom. The Kier molecular flexibility index (Phi) is 8.44. The standard InChI is InChI=1S/C32H36N2O3/c1-23-25(18-21-31(35)36)10-7-11-30(23)34(32(37)28-8-5-4-6-9-28)22-24-12-14-26(15-13-24)27-16-19-29(20-17-27)33(2)3/h7,10-21,28H,4-6,8-9,22H2,1-3H3,(H,35,36). The molecule has 192 valence electrons. The average Bonchev–Trinajstić information content (AvgIpc) is 2.92. The van der Waals surface area contributed by atoms with Gasteiger partial charge < -0.3 is 14.9 Å². The van der Waals surface area contributed by atoms with Gasteiger partial charge in [-0.1, -0.05) is 67.8 Å². The van der Waals surface area contributed by atoms with Gasteiger partial charge in [-0.3, -0.25) is 4.79 Å². The van der Waals surface area contributed by atoms with Crippen LogP contribution in [0.2, 0.25) is 0 Å². The summed E-state index contributed by atoms with van der Waals surface area (Å²) in [5, 5.41) is 9.09. The van der Waals surface area contributed by atoms with Crippen LogP contribution in [-0.2, 0) is 16.1 Å². The van der Waals surface area contributed by atoms with Crippen LogP contribution in [0, 0.1) is 12.8 Å². The molecule has 1 aliphatic carbocycles. The fraction of sp³-hybridized carbons (Fsp3) is 0.312. The molecule has 0 atom stereocenters. The maximum atomic E-state index is 13.8. The zero-order valence-corrected chi connectivity index (χ0v) is 22.0. The van der Waals surface area contributed by atoms with Gasteiger partial charge in [-0.15, -0.1) is 0 Å². The first kappa shape index (κ1) is 26.2. The van der Waals surface area contributed by atoms with E-state index in [0.29, 0.717) is 6.54 Å². The third-order valence-corrected chi connectivity index (χ3v) is 7.28. The molecule has 0 heterocycles. The lowest BCUT2D eigenvalue weighted by Crippen LogP contribution is -2.37. The maximum Gasteiger partial charge on any atom is 0.328 e. The average molecular weight is 497 g/mol. The molecule has 37 heavy (non-hydrogen) atoms. The van der Waals surface area contributed by atoms with E-state index in [1.165, 1.54) is 6.42 Å². The van der Waals surface area contributed by atoms with Crippen molar-refractivity contribution >= 4 is 29.3 Å². The van der Waals surface area contributed by atoms with Crippen LogP contribution in [0.4, 0.5) is 11.4 Å². The highest BCUT2D eigenvalue weighted by Crippen LogP contribution is 2.32. The van der Waals surface area contributed by atoms with Gasteiger partial charge in [0.25, 0.3) is 0 Å². The number of rotatable bonds is 8. The van der Waals surface area contributed by atoms with E-state index >= 15 is 0 Å². The number of amides is 1. The quantitative estimate of drug-likeness (QED) is 0.343. The Bertz CT molecular complexity index is 1250. The molecule has 5 heteroatoms. The van der Waals surface area contributed by atoms with Gasteiger partial charge in [0.05, 0.1) is 6.54 Å². The zero-order chi connectivity index (χ0) is 26.4. The summed E-state index contributed by atoms with van der Waals surface area (Å²) < 4.78 is 0. The minimum Gasteiger partial charge on any atom is -0.478 e. The van der Waals surface area contributed by atoms with Crippen molar-refractivity contribution in [2.75, 3.05) is 23.9 Å². The number of carbonyl (C=O) groups excluding carboxylic acids is 1. The van der Waals surface area contributed by atoms with Gasteiger partial charge in [0.1, 0.15) is 0 Å².